The summed E-state index contributed by atoms with van der Waals surface area (Å²) in [7, 11) is 1.67. The first-order valence-corrected chi connectivity index (χ1v) is 11.9. The molecule has 0 spiro atoms. The second-order valence-electron chi connectivity index (χ2n) is 9.24. The summed E-state index contributed by atoms with van der Waals surface area (Å²) >= 11 is 0. The van der Waals surface area contributed by atoms with Gasteiger partial charge in [0.25, 0.3) is 0 Å². The second kappa shape index (κ2) is 9.02. The van der Waals surface area contributed by atoms with E-state index in [1.807, 2.05) is 29.2 Å². The molecule has 6 nitrogen and oxygen atoms in total. The Hall–Kier alpha value is -2.73. The molecule has 3 aliphatic rings. The van der Waals surface area contributed by atoms with Crippen molar-refractivity contribution in [2.45, 2.75) is 50.8 Å². The number of benzene rings is 2. The zero-order chi connectivity index (χ0) is 22.1. The van der Waals surface area contributed by atoms with Crippen LogP contribution in [-0.2, 0) is 11.3 Å². The molecule has 32 heavy (non-hydrogen) atoms. The smallest absolute Gasteiger partial charge is 0.224 e. The van der Waals surface area contributed by atoms with Crippen molar-refractivity contribution in [3.05, 3.63) is 53.6 Å². The molecule has 2 aromatic rings. The first-order chi connectivity index (χ1) is 15.6. The van der Waals surface area contributed by atoms with Crippen LogP contribution in [0.15, 0.2) is 42.5 Å². The summed E-state index contributed by atoms with van der Waals surface area (Å²) in [5.41, 5.74) is 4.31. The maximum atomic E-state index is 12.9. The summed E-state index contributed by atoms with van der Waals surface area (Å²) in [5.74, 6) is 1.00. The number of anilines is 2. The molecule has 2 fully saturated rings. The minimum Gasteiger partial charge on any atom is -0.497 e. The quantitative estimate of drug-likeness (QED) is 0.749. The minimum atomic E-state index is -0.619. The fourth-order valence-corrected chi connectivity index (χ4v) is 5.00. The normalized spacial score (nSPS) is 20.1. The third kappa shape index (κ3) is 4.42. The van der Waals surface area contributed by atoms with E-state index in [-0.39, 0.29) is 5.91 Å². The van der Waals surface area contributed by atoms with Crippen LogP contribution in [0, 0.1) is 0 Å². The van der Waals surface area contributed by atoms with Crippen molar-refractivity contribution in [2.24, 2.45) is 0 Å². The molecule has 1 N–H and O–H groups in total. The van der Waals surface area contributed by atoms with Gasteiger partial charge in [-0.05, 0) is 67.1 Å². The Labute approximate surface area is 190 Å². The third-order valence-electron chi connectivity index (χ3n) is 7.01. The molecule has 1 saturated carbocycles. The molecule has 1 unspecified atom stereocenters. The average molecular weight is 436 g/mol. The number of amides is 1. The van der Waals surface area contributed by atoms with Gasteiger partial charge in [0.05, 0.1) is 13.2 Å². The molecule has 0 aromatic heterocycles. The number of aliphatic hydroxyl groups is 1. The zero-order valence-corrected chi connectivity index (χ0v) is 18.9. The molecule has 170 valence electrons. The lowest BCUT2D eigenvalue weighted by Crippen LogP contribution is -2.40. The summed E-state index contributed by atoms with van der Waals surface area (Å²) in [6.07, 6.45) is 4.55. The van der Waals surface area contributed by atoms with Gasteiger partial charge < -0.3 is 24.5 Å². The number of rotatable bonds is 6. The predicted molar refractivity (Wildman–Crippen MR) is 126 cm³/mol. The first-order valence-electron chi connectivity index (χ1n) is 11.9. The zero-order valence-electron chi connectivity index (χ0n) is 18.9. The number of methoxy groups -OCH3 is 1. The van der Waals surface area contributed by atoms with E-state index in [0.29, 0.717) is 32.1 Å². The van der Waals surface area contributed by atoms with Crippen LogP contribution < -0.4 is 14.5 Å². The van der Waals surface area contributed by atoms with Gasteiger partial charge in [-0.25, -0.2) is 0 Å². The average Bonchev–Trinajstić information content (AvgIpc) is 3.51. The summed E-state index contributed by atoms with van der Waals surface area (Å²) in [6, 6.07) is 14.8. The van der Waals surface area contributed by atoms with E-state index in [4.69, 9.17) is 4.74 Å². The largest absolute Gasteiger partial charge is 0.497 e. The van der Waals surface area contributed by atoms with E-state index in [1.165, 1.54) is 18.5 Å². The fraction of sp³-hybridized carbons (Fsp3) is 0.500. The molecule has 1 saturated heterocycles. The van der Waals surface area contributed by atoms with Crippen LogP contribution in [-0.4, -0.2) is 55.2 Å². The number of hydrogen-bond donors (Lipinski definition) is 1. The van der Waals surface area contributed by atoms with Crippen LogP contribution in [0.4, 0.5) is 11.4 Å². The standard InChI is InChI=1S/C26H33N3O3/c1-32-23-10-11-24-20(16-23)17-29(22-8-9-22)26(31)12-15-28(24)18-25(30)19-4-6-21(7-5-19)27-13-2-3-14-27/h4-7,10-11,16,22,25,30H,2-3,8-9,12-15,17-18H2,1H3. The van der Waals surface area contributed by atoms with E-state index >= 15 is 0 Å². The van der Waals surface area contributed by atoms with Gasteiger partial charge in [0.1, 0.15) is 5.75 Å². The topological polar surface area (TPSA) is 56.3 Å². The molecular weight excluding hydrogens is 402 g/mol. The fourth-order valence-electron chi connectivity index (χ4n) is 5.00. The summed E-state index contributed by atoms with van der Waals surface area (Å²) in [6.45, 7) is 3.89. The maximum absolute atomic E-state index is 12.9. The maximum Gasteiger partial charge on any atom is 0.224 e. The highest BCUT2D eigenvalue weighted by atomic mass is 16.5. The molecule has 6 heteroatoms. The second-order valence-corrected chi connectivity index (χ2v) is 9.24. The number of carbonyl (C=O) groups is 1. The van der Waals surface area contributed by atoms with Gasteiger partial charge >= 0.3 is 0 Å². The number of aliphatic hydroxyl groups excluding tert-OH is 1. The predicted octanol–water partition coefficient (Wildman–Crippen LogP) is 3.73. The number of carbonyl (C=O) groups excluding carboxylic acids is 1. The van der Waals surface area contributed by atoms with Crippen LogP contribution in [0.25, 0.3) is 0 Å². The Bertz CT molecular complexity index is 951. The molecule has 0 radical (unpaired) electrons. The lowest BCUT2D eigenvalue weighted by Gasteiger charge is -2.34. The van der Waals surface area contributed by atoms with Crippen LogP contribution >= 0.6 is 0 Å². The number of ether oxygens (including phenoxy) is 1. The minimum absolute atomic E-state index is 0.204. The van der Waals surface area contributed by atoms with Crippen molar-refractivity contribution in [1.82, 2.24) is 4.90 Å². The Morgan fingerprint density at radius 2 is 1.81 bits per heavy atom. The molecule has 2 aromatic carbocycles. The summed E-state index contributed by atoms with van der Waals surface area (Å²) in [4.78, 5) is 19.5. The van der Waals surface area contributed by atoms with E-state index < -0.39 is 6.10 Å². The van der Waals surface area contributed by atoms with Crippen LogP contribution in [0.5, 0.6) is 5.75 Å². The Morgan fingerprint density at radius 1 is 1.06 bits per heavy atom. The molecule has 2 aliphatic heterocycles. The van der Waals surface area contributed by atoms with Gasteiger partial charge in [-0.3, -0.25) is 4.79 Å². The van der Waals surface area contributed by atoms with Crippen molar-refractivity contribution in [2.75, 3.05) is 43.1 Å². The Balaban J connectivity index is 1.36. The van der Waals surface area contributed by atoms with E-state index in [9.17, 15) is 9.90 Å². The molecule has 2 heterocycles. The molecule has 1 amide bonds. The van der Waals surface area contributed by atoms with Crippen LogP contribution in [0.1, 0.15) is 49.3 Å². The first kappa shape index (κ1) is 21.1. The highest BCUT2D eigenvalue weighted by Crippen LogP contribution is 2.35. The van der Waals surface area contributed by atoms with E-state index in [0.717, 1.165) is 48.5 Å². The number of hydrogen-bond acceptors (Lipinski definition) is 5. The van der Waals surface area contributed by atoms with Crippen molar-refractivity contribution in [3.8, 4) is 5.75 Å². The third-order valence-corrected chi connectivity index (χ3v) is 7.01. The van der Waals surface area contributed by atoms with E-state index in [1.54, 1.807) is 7.11 Å². The highest BCUT2D eigenvalue weighted by molar-refractivity contribution is 5.79. The number of fused-ring (bicyclic) bond motifs is 1. The number of β-amino-alcohol motifs (C(OH)–C–C–N with tert-alkyl or cyclic N) is 1. The summed E-state index contributed by atoms with van der Waals surface area (Å²) < 4.78 is 5.45. The van der Waals surface area contributed by atoms with Crippen molar-refractivity contribution in [3.63, 3.8) is 0 Å². The lowest BCUT2D eigenvalue weighted by molar-refractivity contribution is -0.132. The monoisotopic (exact) mass is 435 g/mol. The number of nitrogens with zero attached hydrogens (tertiary/aromatic N) is 3. The Kier molecular flexibility index (Phi) is 5.96. The van der Waals surface area contributed by atoms with Crippen LogP contribution in [0.2, 0.25) is 0 Å². The van der Waals surface area contributed by atoms with Gasteiger partial charge in [-0.15, -0.1) is 0 Å². The van der Waals surface area contributed by atoms with Crippen molar-refractivity contribution < 1.29 is 14.6 Å². The van der Waals surface area contributed by atoms with Gasteiger partial charge in [-0.2, -0.15) is 0 Å². The SMILES string of the molecule is COc1ccc2c(c1)CN(C1CC1)C(=O)CCN2CC(O)c1ccc(N2CCCC2)cc1. The van der Waals surface area contributed by atoms with Gasteiger partial charge in [0.2, 0.25) is 5.91 Å². The molecule has 1 atom stereocenters. The van der Waals surface area contributed by atoms with E-state index in [2.05, 4.69) is 28.0 Å². The van der Waals surface area contributed by atoms with Crippen molar-refractivity contribution >= 4 is 17.3 Å². The molecule has 0 bridgehead atoms. The summed E-state index contributed by atoms with van der Waals surface area (Å²) in [5, 5.41) is 11.1. The van der Waals surface area contributed by atoms with Crippen molar-refractivity contribution in [1.29, 1.82) is 0 Å². The molecule has 1 aliphatic carbocycles. The van der Waals surface area contributed by atoms with Gasteiger partial charge in [0.15, 0.2) is 0 Å². The molecular formula is C26H33N3O3. The lowest BCUT2D eigenvalue weighted by atomic mass is 10.0. The Morgan fingerprint density at radius 3 is 2.50 bits per heavy atom. The molecule has 5 rings (SSSR count). The van der Waals surface area contributed by atoms with Gasteiger partial charge in [0, 0.05) is 56.6 Å². The highest BCUT2D eigenvalue weighted by Gasteiger charge is 2.34. The van der Waals surface area contributed by atoms with Gasteiger partial charge in [-0.1, -0.05) is 12.1 Å². The van der Waals surface area contributed by atoms with Crippen LogP contribution in [0.3, 0.4) is 0 Å².